The van der Waals surface area contributed by atoms with Crippen molar-refractivity contribution in [2.75, 3.05) is 20.6 Å². The van der Waals surface area contributed by atoms with Crippen LogP contribution in [0.2, 0.25) is 0 Å². The Morgan fingerprint density at radius 1 is 1.13 bits per heavy atom. The van der Waals surface area contributed by atoms with Gasteiger partial charge in [-0.1, -0.05) is 19.1 Å². The summed E-state index contributed by atoms with van der Waals surface area (Å²) in [5.74, 6) is 1.06. The number of H-pyrrole nitrogens is 2. The Morgan fingerprint density at radius 3 is 2.76 bits per heavy atom. The third-order valence-electron chi connectivity index (χ3n) is 9.14. The molecule has 38 heavy (non-hydrogen) atoms. The van der Waals surface area contributed by atoms with E-state index in [9.17, 15) is 10.2 Å². The number of piperazine rings is 1. The lowest BCUT2D eigenvalue weighted by Crippen LogP contribution is -2.80. The maximum atomic E-state index is 11.2. The zero-order valence-corrected chi connectivity index (χ0v) is 22.3. The average molecular weight is 514 g/mol. The van der Waals surface area contributed by atoms with Crippen LogP contribution in [0, 0.1) is 0 Å². The Labute approximate surface area is 222 Å². The van der Waals surface area contributed by atoms with Crippen LogP contribution < -0.4 is 0 Å². The number of phenolic OH excluding ortho intramolecular Hbond substituents is 1. The topological polar surface area (TPSA) is 108 Å². The Balaban J connectivity index is 1.20. The van der Waals surface area contributed by atoms with Crippen molar-refractivity contribution < 1.29 is 10.2 Å². The molecule has 7 rings (SSSR count). The zero-order valence-electron chi connectivity index (χ0n) is 22.3. The molecule has 4 N–H and O–H groups in total. The van der Waals surface area contributed by atoms with Crippen molar-refractivity contribution in [3.8, 4) is 28.4 Å². The molecule has 9 nitrogen and oxygen atoms in total. The number of nitrogens with one attached hydrogen (secondary N) is 2. The van der Waals surface area contributed by atoms with Crippen LogP contribution >= 0.6 is 0 Å². The van der Waals surface area contributed by atoms with E-state index in [1.165, 1.54) is 0 Å². The number of aryl methyl sites for hydroxylation is 1. The third-order valence-corrected chi connectivity index (χ3v) is 9.14. The summed E-state index contributed by atoms with van der Waals surface area (Å²) in [6.45, 7) is 6.06. The number of aliphatic hydroxyl groups excluding tert-OH is 1. The number of hydrogen-bond donors (Lipinski definition) is 4. The zero-order chi connectivity index (χ0) is 26.3. The molecular weight excluding hydrogens is 478 g/mol. The van der Waals surface area contributed by atoms with Gasteiger partial charge in [0.15, 0.2) is 5.82 Å². The largest absolute Gasteiger partial charge is 0.508 e. The monoisotopic (exact) mass is 513 g/mol. The summed E-state index contributed by atoms with van der Waals surface area (Å²) in [6.07, 6.45) is 1.09. The number of aromatic amines is 2. The molecule has 198 valence electrons. The summed E-state index contributed by atoms with van der Waals surface area (Å²) >= 11 is 0. The summed E-state index contributed by atoms with van der Waals surface area (Å²) in [5, 5.41) is 30.0. The van der Waals surface area contributed by atoms with Crippen LogP contribution in [-0.4, -0.2) is 96.1 Å². The fraction of sp³-hybridized carbons (Fsp3) is 0.448. The van der Waals surface area contributed by atoms with E-state index in [1.807, 2.05) is 12.1 Å². The minimum atomic E-state index is -0.474. The summed E-state index contributed by atoms with van der Waals surface area (Å²) < 4.78 is 0. The number of nitrogens with zero attached hydrogens (tertiary/aromatic N) is 5. The van der Waals surface area contributed by atoms with Gasteiger partial charge in [-0.05, 0) is 68.4 Å². The van der Waals surface area contributed by atoms with Crippen LogP contribution in [0.3, 0.4) is 0 Å². The predicted octanol–water partition coefficient (Wildman–Crippen LogP) is 2.95. The van der Waals surface area contributed by atoms with Crippen LogP contribution in [0.4, 0.5) is 0 Å². The lowest BCUT2D eigenvalue weighted by atomic mass is 9.81. The molecule has 4 unspecified atom stereocenters. The van der Waals surface area contributed by atoms with Crippen LogP contribution in [0.1, 0.15) is 30.8 Å². The van der Waals surface area contributed by atoms with Gasteiger partial charge < -0.3 is 20.1 Å². The van der Waals surface area contributed by atoms with Gasteiger partial charge in [0.1, 0.15) is 17.7 Å². The molecule has 2 aromatic heterocycles. The minimum Gasteiger partial charge on any atom is -0.508 e. The molecule has 0 saturated carbocycles. The number of phenols is 1. The first-order valence-electron chi connectivity index (χ1n) is 13.6. The molecule has 5 atom stereocenters. The molecule has 0 aliphatic carbocycles. The van der Waals surface area contributed by atoms with Crippen molar-refractivity contribution in [3.05, 3.63) is 53.3 Å². The second-order valence-corrected chi connectivity index (χ2v) is 11.4. The molecular formula is C29H35N7O2. The second kappa shape index (κ2) is 8.64. The first kappa shape index (κ1) is 23.8. The van der Waals surface area contributed by atoms with Gasteiger partial charge in [0.05, 0.1) is 22.9 Å². The third kappa shape index (κ3) is 3.46. The minimum absolute atomic E-state index is 0.0459. The van der Waals surface area contributed by atoms with Crippen LogP contribution in [0.15, 0.2) is 36.4 Å². The lowest BCUT2D eigenvalue weighted by molar-refractivity contribution is -0.214. The number of aromatic nitrogens is 4. The van der Waals surface area contributed by atoms with Gasteiger partial charge >= 0.3 is 0 Å². The number of rotatable bonds is 4. The summed E-state index contributed by atoms with van der Waals surface area (Å²) in [4.78, 5) is 15.6. The van der Waals surface area contributed by atoms with E-state index in [0.717, 1.165) is 76.4 Å². The van der Waals surface area contributed by atoms with E-state index in [2.05, 4.69) is 76.0 Å². The van der Waals surface area contributed by atoms with Crippen molar-refractivity contribution in [2.24, 2.45) is 0 Å². The van der Waals surface area contributed by atoms with Crippen molar-refractivity contribution in [2.45, 2.75) is 63.6 Å². The Hall–Kier alpha value is -3.24. The number of aromatic hydroxyl groups is 1. The molecule has 5 heterocycles. The summed E-state index contributed by atoms with van der Waals surface area (Å²) in [6, 6.07) is 13.1. The van der Waals surface area contributed by atoms with E-state index in [-0.39, 0.29) is 11.8 Å². The van der Waals surface area contributed by atoms with Crippen molar-refractivity contribution >= 4 is 10.9 Å². The number of aliphatic hydroxyl groups is 1. The molecule has 2 saturated heterocycles. The second-order valence-electron chi connectivity index (χ2n) is 11.4. The summed E-state index contributed by atoms with van der Waals surface area (Å²) in [7, 11) is 4.26. The maximum absolute atomic E-state index is 11.2. The number of fused-ring (bicyclic) bond motifs is 4. The highest BCUT2D eigenvalue weighted by Gasteiger charge is 2.56. The molecule has 9 heteroatoms. The van der Waals surface area contributed by atoms with E-state index < -0.39 is 6.23 Å². The average Bonchev–Trinajstić information content (AvgIpc) is 3.49. The van der Waals surface area contributed by atoms with E-state index in [4.69, 9.17) is 4.98 Å². The molecule has 0 amide bonds. The highest BCUT2D eigenvalue weighted by Crippen LogP contribution is 2.40. The molecule has 3 aliphatic rings. The molecule has 0 radical (unpaired) electrons. The highest BCUT2D eigenvalue weighted by atomic mass is 16.3. The Morgan fingerprint density at radius 2 is 1.97 bits per heavy atom. The number of benzene rings is 2. The standard InChI is InChI=1S/C29H35N7O2/c1-5-16-10-18(37)7-9-19(16)17-6-8-20-21(11-17)32-33-26(20)28-30-22-12-24-29(38)36-14-25(34(3)4)27(36)15(2)35(24)13-23(22)31-28/h6-11,15,24-25,27,29,37-38H,5,12-14H2,1-4H3,(H,30,31)(H,32,33)/t15?,24-,25?,27?,29?/m0/s1. The highest BCUT2D eigenvalue weighted by molar-refractivity contribution is 5.94. The van der Waals surface area contributed by atoms with E-state index in [1.54, 1.807) is 6.07 Å². The lowest BCUT2D eigenvalue weighted by Gasteiger charge is -2.63. The maximum Gasteiger partial charge on any atom is 0.159 e. The van der Waals surface area contributed by atoms with E-state index in [0.29, 0.717) is 18.1 Å². The molecule has 4 aromatic rings. The normalized spacial score (nSPS) is 27.3. The molecule has 2 fully saturated rings. The molecule has 3 aliphatic heterocycles. The van der Waals surface area contributed by atoms with Crippen LogP contribution in [0.5, 0.6) is 5.75 Å². The first-order chi connectivity index (χ1) is 18.3. The van der Waals surface area contributed by atoms with E-state index >= 15 is 0 Å². The SMILES string of the molecule is CCc1cc(O)ccc1-c1ccc2c(-c3nc4c([nH]3)CN3C(C)C5C(N(C)C)CN5C(O)[C@@H]3C4)n[nH]c2c1. The first-order valence-corrected chi connectivity index (χ1v) is 13.6. The Bertz CT molecular complexity index is 1520. The fourth-order valence-corrected chi connectivity index (χ4v) is 7.01. The van der Waals surface area contributed by atoms with Crippen molar-refractivity contribution in [1.29, 1.82) is 0 Å². The molecule has 0 spiro atoms. The fourth-order valence-electron chi connectivity index (χ4n) is 7.01. The van der Waals surface area contributed by atoms with Gasteiger partial charge in [-0.25, -0.2) is 4.98 Å². The number of likely N-dealkylation sites (N-methyl/N-ethyl adjacent to an activating group) is 1. The van der Waals surface area contributed by atoms with Crippen LogP contribution in [0.25, 0.3) is 33.5 Å². The van der Waals surface area contributed by atoms with Gasteiger partial charge in [0.2, 0.25) is 0 Å². The number of imidazole rings is 1. The van der Waals surface area contributed by atoms with Gasteiger partial charge in [0.25, 0.3) is 0 Å². The Kier molecular flexibility index (Phi) is 5.42. The van der Waals surface area contributed by atoms with Crippen LogP contribution in [-0.2, 0) is 19.4 Å². The van der Waals surface area contributed by atoms with Gasteiger partial charge in [0, 0.05) is 43.0 Å². The summed E-state index contributed by atoms with van der Waals surface area (Å²) in [5.41, 5.74) is 7.21. The van der Waals surface area contributed by atoms with Gasteiger partial charge in [-0.2, -0.15) is 5.10 Å². The van der Waals surface area contributed by atoms with Crippen molar-refractivity contribution in [3.63, 3.8) is 0 Å². The molecule has 2 aromatic carbocycles. The number of hydrogen-bond acceptors (Lipinski definition) is 7. The smallest absolute Gasteiger partial charge is 0.159 e. The quantitative estimate of drug-likeness (QED) is 0.332. The molecule has 0 bridgehead atoms. The van der Waals surface area contributed by atoms with Gasteiger partial charge in [-0.3, -0.25) is 14.9 Å². The van der Waals surface area contributed by atoms with Crippen molar-refractivity contribution in [1.82, 2.24) is 34.9 Å². The predicted molar refractivity (Wildman–Crippen MR) is 147 cm³/mol. The van der Waals surface area contributed by atoms with Gasteiger partial charge in [-0.15, -0.1) is 0 Å².